The smallest absolute Gasteiger partial charge is 0.423 e. The highest BCUT2D eigenvalue weighted by molar-refractivity contribution is 6.58. The molecule has 22 heavy (non-hydrogen) atoms. The van der Waals surface area contributed by atoms with Crippen LogP contribution in [-0.4, -0.2) is 62.5 Å². The first-order valence-electron chi connectivity index (χ1n) is 7.13. The van der Waals surface area contributed by atoms with E-state index in [4.69, 9.17) is 0 Å². The summed E-state index contributed by atoms with van der Waals surface area (Å²) in [4.78, 5) is 14.1. The normalized spacial score (nSPS) is 12.2. The minimum atomic E-state index is -1.67. The van der Waals surface area contributed by atoms with Gasteiger partial charge in [-0.1, -0.05) is 12.1 Å². The van der Waals surface area contributed by atoms with Crippen molar-refractivity contribution >= 4 is 18.5 Å². The summed E-state index contributed by atoms with van der Waals surface area (Å²) in [5.74, 6) is -0.399. The Morgan fingerprint density at radius 1 is 1.23 bits per heavy atom. The first-order chi connectivity index (χ1) is 10.0. The molecule has 0 heterocycles. The number of carbonyl (C=O) groups is 1. The van der Waals surface area contributed by atoms with Crippen LogP contribution in [0, 0.1) is 0 Å². The molecule has 0 aliphatic carbocycles. The van der Waals surface area contributed by atoms with E-state index in [1.165, 1.54) is 17.0 Å². The van der Waals surface area contributed by atoms with Crippen LogP contribution in [0.5, 0.6) is 0 Å². The first kappa shape index (κ1) is 18.6. The Morgan fingerprint density at radius 2 is 1.82 bits per heavy atom. The van der Waals surface area contributed by atoms with Gasteiger partial charge in [-0.3, -0.25) is 4.79 Å². The lowest BCUT2D eigenvalue weighted by Crippen LogP contribution is -2.60. The summed E-state index contributed by atoms with van der Waals surface area (Å²) >= 11 is 0. The Balaban J connectivity index is 3.22. The molecule has 1 aromatic rings. The Labute approximate surface area is 131 Å². The zero-order chi connectivity index (χ0) is 17.1. The van der Waals surface area contributed by atoms with Gasteiger partial charge in [-0.15, -0.1) is 0 Å². The molecule has 0 fully saturated rings. The van der Waals surface area contributed by atoms with Crippen LogP contribution in [0.3, 0.4) is 0 Å². The van der Waals surface area contributed by atoms with Gasteiger partial charge < -0.3 is 25.2 Å². The molecule has 1 aromatic carbocycles. The molecule has 1 amide bonds. The summed E-state index contributed by atoms with van der Waals surface area (Å²) in [5, 5.41) is 38.0. The van der Waals surface area contributed by atoms with Crippen molar-refractivity contribution in [2.45, 2.75) is 38.8 Å². The maximum absolute atomic E-state index is 12.7. The van der Waals surface area contributed by atoms with Crippen molar-refractivity contribution in [1.82, 2.24) is 4.90 Å². The highest BCUT2D eigenvalue weighted by Crippen LogP contribution is 2.29. The molecule has 0 atom stereocenters. The average Bonchev–Trinajstić information content (AvgIpc) is 2.42. The van der Waals surface area contributed by atoms with E-state index in [1.807, 2.05) is 0 Å². The molecule has 7 heteroatoms. The number of carbonyl (C=O) groups excluding carboxylic acids is 1. The van der Waals surface area contributed by atoms with E-state index in [9.17, 15) is 25.1 Å². The third-order valence-corrected chi connectivity index (χ3v) is 4.17. The Morgan fingerprint density at radius 3 is 2.27 bits per heavy atom. The SMILES string of the molecule is CC(C)(O)C(C)(C)N(CCO)C(=O)c1cccc(B(O)O)c1. The van der Waals surface area contributed by atoms with Gasteiger partial charge in [-0.2, -0.15) is 0 Å². The van der Waals surface area contributed by atoms with E-state index in [-0.39, 0.29) is 24.2 Å². The predicted octanol–water partition coefficient (Wildman–Crippen LogP) is -0.650. The van der Waals surface area contributed by atoms with Crippen molar-refractivity contribution in [3.05, 3.63) is 29.8 Å². The molecule has 122 valence electrons. The Hall–Kier alpha value is -1.41. The molecule has 0 radical (unpaired) electrons. The zero-order valence-electron chi connectivity index (χ0n) is 13.4. The molecular weight excluding hydrogens is 285 g/mol. The minimum Gasteiger partial charge on any atom is -0.423 e. The third kappa shape index (κ3) is 3.86. The van der Waals surface area contributed by atoms with Gasteiger partial charge in [0, 0.05) is 12.1 Å². The lowest BCUT2D eigenvalue weighted by molar-refractivity contribution is -0.0631. The highest BCUT2D eigenvalue weighted by atomic mass is 16.4. The maximum Gasteiger partial charge on any atom is 0.488 e. The maximum atomic E-state index is 12.7. The molecule has 4 N–H and O–H groups in total. The van der Waals surface area contributed by atoms with Gasteiger partial charge in [0.1, 0.15) is 0 Å². The second-order valence-electron chi connectivity index (χ2n) is 6.30. The van der Waals surface area contributed by atoms with Crippen LogP contribution in [0.4, 0.5) is 0 Å². The number of amides is 1. The number of hydrogen-bond acceptors (Lipinski definition) is 5. The van der Waals surface area contributed by atoms with Crippen LogP contribution in [0.25, 0.3) is 0 Å². The summed E-state index contributed by atoms with van der Waals surface area (Å²) in [6.07, 6.45) is 0. The van der Waals surface area contributed by atoms with E-state index in [0.717, 1.165) is 0 Å². The molecule has 1 rings (SSSR count). The number of benzene rings is 1. The largest absolute Gasteiger partial charge is 0.488 e. The van der Waals surface area contributed by atoms with Crippen LogP contribution in [0.15, 0.2) is 24.3 Å². The van der Waals surface area contributed by atoms with E-state index >= 15 is 0 Å². The fraction of sp³-hybridized carbons (Fsp3) is 0.533. The number of β-amino-alcohol motifs (C(OH)–C–C–N with tert-alkyl or cyclic N) is 1. The van der Waals surface area contributed by atoms with Gasteiger partial charge in [0.2, 0.25) is 0 Å². The molecule has 0 unspecified atom stereocenters. The Kier molecular flexibility index (Phi) is 5.75. The van der Waals surface area contributed by atoms with Crippen molar-refractivity contribution in [3.63, 3.8) is 0 Å². The standard InChI is InChI=1S/C15H24BNO5/c1-14(2,15(3,4)20)17(8-9-18)13(19)11-6-5-7-12(10-11)16(21)22/h5-7,10,18,20-22H,8-9H2,1-4H3. The molecule has 6 nitrogen and oxygen atoms in total. The second-order valence-corrected chi connectivity index (χ2v) is 6.30. The highest BCUT2D eigenvalue weighted by Gasteiger charge is 2.42. The molecule has 0 bridgehead atoms. The fourth-order valence-electron chi connectivity index (χ4n) is 2.05. The van der Waals surface area contributed by atoms with Crippen molar-refractivity contribution in [1.29, 1.82) is 0 Å². The van der Waals surface area contributed by atoms with E-state index in [0.29, 0.717) is 0 Å². The van der Waals surface area contributed by atoms with Crippen molar-refractivity contribution in [2.24, 2.45) is 0 Å². The number of rotatable bonds is 6. The predicted molar refractivity (Wildman–Crippen MR) is 84.8 cm³/mol. The Bertz CT molecular complexity index is 525. The number of aliphatic hydroxyl groups excluding tert-OH is 1. The van der Waals surface area contributed by atoms with E-state index < -0.39 is 24.2 Å². The molecule has 0 aromatic heterocycles. The van der Waals surface area contributed by atoms with Crippen LogP contribution in [0.2, 0.25) is 0 Å². The van der Waals surface area contributed by atoms with Crippen molar-refractivity contribution in [3.8, 4) is 0 Å². The van der Waals surface area contributed by atoms with Gasteiger partial charge >= 0.3 is 7.12 Å². The summed E-state index contributed by atoms with van der Waals surface area (Å²) in [6, 6.07) is 5.99. The number of hydrogen-bond donors (Lipinski definition) is 4. The van der Waals surface area contributed by atoms with Gasteiger partial charge in [-0.25, -0.2) is 0 Å². The molecule has 0 aliphatic rings. The fourth-order valence-corrected chi connectivity index (χ4v) is 2.05. The monoisotopic (exact) mass is 309 g/mol. The summed E-state index contributed by atoms with van der Waals surface area (Å²) in [6.45, 7) is 6.43. The van der Waals surface area contributed by atoms with Gasteiger partial charge in [-0.05, 0) is 45.3 Å². The first-order valence-corrected chi connectivity index (χ1v) is 7.13. The quantitative estimate of drug-likeness (QED) is 0.523. The average molecular weight is 309 g/mol. The van der Waals surface area contributed by atoms with E-state index in [2.05, 4.69) is 0 Å². The van der Waals surface area contributed by atoms with Crippen LogP contribution in [0.1, 0.15) is 38.1 Å². The van der Waals surface area contributed by atoms with Crippen LogP contribution >= 0.6 is 0 Å². The van der Waals surface area contributed by atoms with Gasteiger partial charge in [0.25, 0.3) is 5.91 Å². The number of aliphatic hydroxyl groups is 2. The molecule has 0 saturated carbocycles. The van der Waals surface area contributed by atoms with Crippen molar-refractivity contribution in [2.75, 3.05) is 13.2 Å². The van der Waals surface area contributed by atoms with E-state index in [1.54, 1.807) is 39.8 Å². The molecule has 0 saturated heterocycles. The molecular formula is C15H24BNO5. The van der Waals surface area contributed by atoms with Gasteiger partial charge in [0.05, 0.1) is 17.7 Å². The summed E-state index contributed by atoms with van der Waals surface area (Å²) in [7, 11) is -1.67. The molecule has 0 aliphatic heterocycles. The minimum absolute atomic E-state index is 0.0573. The van der Waals surface area contributed by atoms with Crippen LogP contribution in [-0.2, 0) is 0 Å². The number of nitrogens with zero attached hydrogens (tertiary/aromatic N) is 1. The lowest BCUT2D eigenvalue weighted by Gasteiger charge is -2.46. The van der Waals surface area contributed by atoms with Gasteiger partial charge in [0.15, 0.2) is 0 Å². The second kappa shape index (κ2) is 6.79. The summed E-state index contributed by atoms with van der Waals surface area (Å²) in [5.41, 5.74) is -1.65. The lowest BCUT2D eigenvalue weighted by atomic mass is 9.79. The topological polar surface area (TPSA) is 101 Å². The summed E-state index contributed by atoms with van der Waals surface area (Å²) < 4.78 is 0. The third-order valence-electron chi connectivity index (χ3n) is 4.17. The zero-order valence-corrected chi connectivity index (χ0v) is 13.4. The van der Waals surface area contributed by atoms with Crippen LogP contribution < -0.4 is 5.46 Å². The van der Waals surface area contributed by atoms with Crippen molar-refractivity contribution < 1.29 is 25.1 Å². The molecule has 0 spiro atoms.